The number of amides is 1. The average Bonchev–Trinajstić information content (AvgIpc) is 2.54. The van der Waals surface area contributed by atoms with Crippen molar-refractivity contribution in [3.05, 3.63) is 35.9 Å². The summed E-state index contributed by atoms with van der Waals surface area (Å²) in [6.07, 6.45) is 6.22. The Balaban J connectivity index is 1.70. The van der Waals surface area contributed by atoms with E-state index in [2.05, 4.69) is 36.5 Å². The number of benzene rings is 1. The minimum Gasteiger partial charge on any atom is -0.353 e. The van der Waals surface area contributed by atoms with E-state index in [0.717, 1.165) is 45.1 Å². The predicted octanol–water partition coefficient (Wildman–Crippen LogP) is 2.89. The third-order valence-electron chi connectivity index (χ3n) is 4.65. The normalized spacial score (nSPS) is 23.5. The van der Waals surface area contributed by atoms with Gasteiger partial charge in [-0.3, -0.25) is 4.79 Å². The molecule has 1 aliphatic carbocycles. The number of hydrogen-bond donors (Lipinski definition) is 2. The molecular weight excluding hydrogens is 260 g/mol. The molecule has 1 aromatic rings. The second kappa shape index (κ2) is 8.18. The summed E-state index contributed by atoms with van der Waals surface area (Å²) in [6, 6.07) is 10.7. The van der Waals surface area contributed by atoms with Crippen molar-refractivity contribution in [1.82, 2.24) is 5.32 Å². The minimum atomic E-state index is 0.201. The van der Waals surface area contributed by atoms with Crippen LogP contribution in [0.1, 0.15) is 44.6 Å². The largest absolute Gasteiger partial charge is 0.353 e. The second-order valence-corrected chi connectivity index (χ2v) is 6.39. The molecule has 116 valence electrons. The van der Waals surface area contributed by atoms with Crippen LogP contribution in [-0.2, 0) is 11.2 Å². The highest BCUT2D eigenvalue weighted by Crippen LogP contribution is 2.28. The summed E-state index contributed by atoms with van der Waals surface area (Å²) in [5, 5.41) is 3.18. The van der Waals surface area contributed by atoms with E-state index < -0.39 is 0 Å². The Morgan fingerprint density at radius 3 is 2.52 bits per heavy atom. The molecule has 3 N–H and O–H groups in total. The number of rotatable bonds is 6. The number of carbonyl (C=O) groups excluding carboxylic acids is 1. The van der Waals surface area contributed by atoms with Crippen LogP contribution in [-0.4, -0.2) is 18.5 Å². The van der Waals surface area contributed by atoms with E-state index >= 15 is 0 Å². The zero-order valence-electron chi connectivity index (χ0n) is 13.1. The van der Waals surface area contributed by atoms with E-state index in [0.29, 0.717) is 5.92 Å². The summed E-state index contributed by atoms with van der Waals surface area (Å²) < 4.78 is 0. The molecule has 1 fully saturated rings. The van der Waals surface area contributed by atoms with Gasteiger partial charge < -0.3 is 11.1 Å². The van der Waals surface area contributed by atoms with Gasteiger partial charge in [-0.05, 0) is 63.5 Å². The van der Waals surface area contributed by atoms with Gasteiger partial charge in [-0.25, -0.2) is 0 Å². The molecule has 1 atom stereocenters. The van der Waals surface area contributed by atoms with Gasteiger partial charge in [0, 0.05) is 12.0 Å². The molecule has 2 rings (SSSR count). The number of hydrogen-bond acceptors (Lipinski definition) is 2. The highest BCUT2D eigenvalue weighted by atomic mass is 16.1. The lowest BCUT2D eigenvalue weighted by molar-refractivity contribution is -0.126. The highest BCUT2D eigenvalue weighted by Gasteiger charge is 2.26. The minimum absolute atomic E-state index is 0.201. The van der Waals surface area contributed by atoms with Gasteiger partial charge in [0.2, 0.25) is 5.91 Å². The van der Waals surface area contributed by atoms with Crippen molar-refractivity contribution >= 4 is 5.91 Å². The standard InChI is InChI=1S/C18H28N2O/c1-14(7-8-15-5-3-2-4-6-15)20-18(21)17-11-9-16(13-19)10-12-17/h2-6,14,16-17H,7-13,19H2,1H3,(H,20,21). The van der Waals surface area contributed by atoms with Crippen LogP contribution in [0, 0.1) is 11.8 Å². The van der Waals surface area contributed by atoms with Gasteiger partial charge in [0.1, 0.15) is 0 Å². The molecular formula is C18H28N2O. The molecule has 0 aromatic heterocycles. The number of nitrogens with two attached hydrogens (primary N) is 1. The van der Waals surface area contributed by atoms with Crippen LogP contribution in [0.2, 0.25) is 0 Å². The van der Waals surface area contributed by atoms with E-state index in [1.54, 1.807) is 0 Å². The van der Waals surface area contributed by atoms with Crippen molar-refractivity contribution < 1.29 is 4.79 Å². The number of carbonyl (C=O) groups is 1. The van der Waals surface area contributed by atoms with Gasteiger partial charge in [-0.1, -0.05) is 30.3 Å². The summed E-state index contributed by atoms with van der Waals surface area (Å²) in [5.41, 5.74) is 7.04. The van der Waals surface area contributed by atoms with Crippen LogP contribution < -0.4 is 11.1 Å². The Hall–Kier alpha value is -1.35. The zero-order valence-corrected chi connectivity index (χ0v) is 13.1. The molecule has 0 saturated heterocycles. The molecule has 0 heterocycles. The summed E-state index contributed by atoms with van der Waals surface area (Å²) in [7, 11) is 0. The van der Waals surface area contributed by atoms with Crippen LogP contribution in [0.4, 0.5) is 0 Å². The Labute approximate surface area is 128 Å². The Morgan fingerprint density at radius 1 is 1.24 bits per heavy atom. The maximum atomic E-state index is 12.3. The Morgan fingerprint density at radius 2 is 1.90 bits per heavy atom. The fourth-order valence-electron chi connectivity index (χ4n) is 3.12. The molecule has 21 heavy (non-hydrogen) atoms. The molecule has 0 bridgehead atoms. The van der Waals surface area contributed by atoms with Crippen LogP contribution in [0.5, 0.6) is 0 Å². The summed E-state index contributed by atoms with van der Waals surface area (Å²) in [4.78, 5) is 12.3. The van der Waals surface area contributed by atoms with E-state index in [-0.39, 0.29) is 17.9 Å². The SMILES string of the molecule is CC(CCc1ccccc1)NC(=O)C1CCC(CN)CC1. The molecule has 0 radical (unpaired) electrons. The van der Waals surface area contributed by atoms with Crippen LogP contribution in [0.3, 0.4) is 0 Å². The van der Waals surface area contributed by atoms with Crippen molar-refractivity contribution in [2.24, 2.45) is 17.6 Å². The molecule has 1 saturated carbocycles. The van der Waals surface area contributed by atoms with Crippen molar-refractivity contribution in [3.8, 4) is 0 Å². The summed E-state index contributed by atoms with van der Waals surface area (Å²) in [6.45, 7) is 2.87. The van der Waals surface area contributed by atoms with Crippen LogP contribution in [0.25, 0.3) is 0 Å². The third-order valence-corrected chi connectivity index (χ3v) is 4.65. The first-order valence-electron chi connectivity index (χ1n) is 8.23. The number of nitrogens with one attached hydrogen (secondary N) is 1. The third kappa shape index (κ3) is 5.16. The lowest BCUT2D eigenvalue weighted by Crippen LogP contribution is -2.39. The first-order chi connectivity index (χ1) is 10.2. The van der Waals surface area contributed by atoms with Gasteiger partial charge in [0.05, 0.1) is 0 Å². The molecule has 1 aliphatic rings. The first-order valence-corrected chi connectivity index (χ1v) is 8.23. The predicted molar refractivity (Wildman–Crippen MR) is 86.9 cm³/mol. The molecule has 1 unspecified atom stereocenters. The highest BCUT2D eigenvalue weighted by molar-refractivity contribution is 5.78. The fraction of sp³-hybridized carbons (Fsp3) is 0.611. The quantitative estimate of drug-likeness (QED) is 0.845. The van der Waals surface area contributed by atoms with Gasteiger partial charge in [-0.15, -0.1) is 0 Å². The summed E-state index contributed by atoms with van der Waals surface area (Å²) >= 11 is 0. The Kier molecular flexibility index (Phi) is 6.24. The fourth-order valence-corrected chi connectivity index (χ4v) is 3.12. The van der Waals surface area contributed by atoms with E-state index in [4.69, 9.17) is 5.73 Å². The Bertz CT molecular complexity index is 424. The molecule has 0 aliphatic heterocycles. The van der Waals surface area contributed by atoms with Crippen LogP contribution >= 0.6 is 0 Å². The molecule has 0 spiro atoms. The lowest BCUT2D eigenvalue weighted by Gasteiger charge is -2.28. The smallest absolute Gasteiger partial charge is 0.223 e. The number of aryl methyl sites for hydroxylation is 1. The average molecular weight is 288 g/mol. The van der Waals surface area contributed by atoms with E-state index in [1.165, 1.54) is 5.56 Å². The maximum Gasteiger partial charge on any atom is 0.223 e. The summed E-state index contributed by atoms with van der Waals surface area (Å²) in [5.74, 6) is 1.07. The molecule has 3 nitrogen and oxygen atoms in total. The molecule has 1 amide bonds. The monoisotopic (exact) mass is 288 g/mol. The van der Waals surface area contributed by atoms with E-state index in [9.17, 15) is 4.79 Å². The van der Waals surface area contributed by atoms with Gasteiger partial charge >= 0.3 is 0 Å². The van der Waals surface area contributed by atoms with Crippen LogP contribution in [0.15, 0.2) is 30.3 Å². The van der Waals surface area contributed by atoms with Crippen molar-refractivity contribution in [1.29, 1.82) is 0 Å². The van der Waals surface area contributed by atoms with Crippen molar-refractivity contribution in [2.75, 3.05) is 6.54 Å². The van der Waals surface area contributed by atoms with Crippen molar-refractivity contribution in [2.45, 2.75) is 51.5 Å². The van der Waals surface area contributed by atoms with Gasteiger partial charge in [-0.2, -0.15) is 0 Å². The maximum absolute atomic E-state index is 12.3. The zero-order chi connectivity index (χ0) is 15.1. The van der Waals surface area contributed by atoms with Gasteiger partial charge in [0.25, 0.3) is 0 Å². The molecule has 1 aromatic carbocycles. The first kappa shape index (κ1) is 16.0. The van der Waals surface area contributed by atoms with E-state index in [1.807, 2.05) is 6.07 Å². The second-order valence-electron chi connectivity index (χ2n) is 6.39. The van der Waals surface area contributed by atoms with Crippen molar-refractivity contribution in [3.63, 3.8) is 0 Å². The lowest BCUT2D eigenvalue weighted by atomic mass is 9.81. The van der Waals surface area contributed by atoms with Gasteiger partial charge in [0.15, 0.2) is 0 Å². The topological polar surface area (TPSA) is 55.1 Å². The molecule has 3 heteroatoms.